The van der Waals surface area contributed by atoms with Gasteiger partial charge in [0, 0.05) is 32.6 Å². The lowest BCUT2D eigenvalue weighted by atomic mass is 10.1. The van der Waals surface area contributed by atoms with Crippen LogP contribution in [0.15, 0.2) is 0 Å². The SMILES string of the molecule is CNC(=O)NC(=O)CCN1CCCC(NC)C1.Cl. The minimum absolute atomic E-state index is 0. The molecule has 1 atom stereocenters. The van der Waals surface area contributed by atoms with Gasteiger partial charge in [-0.25, -0.2) is 4.79 Å². The van der Waals surface area contributed by atoms with Crippen LogP contribution in [0.3, 0.4) is 0 Å². The van der Waals surface area contributed by atoms with Crippen molar-refractivity contribution in [1.29, 1.82) is 0 Å². The van der Waals surface area contributed by atoms with Gasteiger partial charge in [-0.3, -0.25) is 10.1 Å². The summed E-state index contributed by atoms with van der Waals surface area (Å²) in [5, 5.41) is 7.88. The maximum Gasteiger partial charge on any atom is 0.321 e. The highest BCUT2D eigenvalue weighted by Crippen LogP contribution is 2.09. The van der Waals surface area contributed by atoms with Crippen LogP contribution >= 0.6 is 12.4 Å². The molecule has 0 aliphatic carbocycles. The molecule has 3 N–H and O–H groups in total. The zero-order valence-electron chi connectivity index (χ0n) is 11.0. The molecule has 0 radical (unpaired) electrons. The van der Waals surface area contributed by atoms with E-state index < -0.39 is 6.03 Å². The first-order valence-electron chi connectivity index (χ1n) is 6.07. The van der Waals surface area contributed by atoms with E-state index in [1.807, 2.05) is 7.05 Å². The predicted molar refractivity (Wildman–Crippen MR) is 73.0 cm³/mol. The van der Waals surface area contributed by atoms with Crippen LogP contribution in [0.5, 0.6) is 0 Å². The van der Waals surface area contributed by atoms with E-state index in [1.165, 1.54) is 13.5 Å². The molecule has 1 aliphatic rings. The number of nitrogens with one attached hydrogen (secondary N) is 3. The van der Waals surface area contributed by atoms with E-state index in [0.717, 1.165) is 19.5 Å². The summed E-state index contributed by atoms with van der Waals surface area (Å²) in [4.78, 5) is 24.6. The minimum Gasteiger partial charge on any atom is -0.341 e. The third-order valence-corrected chi connectivity index (χ3v) is 3.05. The summed E-state index contributed by atoms with van der Waals surface area (Å²) < 4.78 is 0. The van der Waals surface area contributed by atoms with E-state index >= 15 is 0 Å². The highest BCUT2D eigenvalue weighted by atomic mass is 35.5. The number of imide groups is 1. The van der Waals surface area contributed by atoms with Gasteiger partial charge >= 0.3 is 6.03 Å². The smallest absolute Gasteiger partial charge is 0.321 e. The lowest BCUT2D eigenvalue weighted by molar-refractivity contribution is -0.120. The quantitative estimate of drug-likeness (QED) is 0.674. The third-order valence-electron chi connectivity index (χ3n) is 3.05. The molecule has 0 aromatic rings. The van der Waals surface area contributed by atoms with Crippen LogP contribution in [0.2, 0.25) is 0 Å². The van der Waals surface area contributed by atoms with Crippen LogP contribution in [0.25, 0.3) is 0 Å². The summed E-state index contributed by atoms with van der Waals surface area (Å²) >= 11 is 0. The number of likely N-dealkylation sites (N-methyl/N-ethyl adjacent to an activating group) is 1. The topological polar surface area (TPSA) is 73.5 Å². The fourth-order valence-electron chi connectivity index (χ4n) is 2.01. The Bertz CT molecular complexity index is 276. The molecule has 0 spiro atoms. The predicted octanol–water partition coefficient (Wildman–Crippen LogP) is -0.0623. The van der Waals surface area contributed by atoms with Crippen molar-refractivity contribution in [3.05, 3.63) is 0 Å². The van der Waals surface area contributed by atoms with Crippen LogP contribution in [-0.2, 0) is 4.79 Å². The number of halogens is 1. The molecular weight excluding hydrogens is 256 g/mol. The molecule has 1 rings (SSSR count). The lowest BCUT2D eigenvalue weighted by Crippen LogP contribution is -2.46. The van der Waals surface area contributed by atoms with Gasteiger partial charge in [0.05, 0.1) is 0 Å². The van der Waals surface area contributed by atoms with Crippen LogP contribution in [0, 0.1) is 0 Å². The number of nitrogens with zero attached hydrogens (tertiary/aromatic N) is 1. The van der Waals surface area contributed by atoms with E-state index in [9.17, 15) is 9.59 Å². The normalized spacial score (nSPS) is 19.8. The number of amides is 3. The molecule has 6 nitrogen and oxygen atoms in total. The van der Waals surface area contributed by atoms with Crippen LogP contribution in [0.4, 0.5) is 4.79 Å². The Morgan fingerprint density at radius 1 is 1.33 bits per heavy atom. The first kappa shape index (κ1) is 17.2. The first-order valence-corrected chi connectivity index (χ1v) is 6.07. The number of carbonyl (C=O) groups excluding carboxylic acids is 2. The van der Waals surface area contributed by atoms with Gasteiger partial charge in [0.2, 0.25) is 5.91 Å². The molecule has 1 unspecified atom stereocenters. The zero-order chi connectivity index (χ0) is 12.7. The fourth-order valence-corrected chi connectivity index (χ4v) is 2.01. The molecule has 106 valence electrons. The average Bonchev–Trinajstić information content (AvgIpc) is 2.36. The summed E-state index contributed by atoms with van der Waals surface area (Å²) in [6.45, 7) is 2.72. The number of urea groups is 1. The Hall–Kier alpha value is -0.850. The molecule has 0 aromatic carbocycles. The van der Waals surface area contributed by atoms with Crippen LogP contribution in [0.1, 0.15) is 19.3 Å². The Kier molecular flexibility index (Phi) is 8.70. The largest absolute Gasteiger partial charge is 0.341 e. The Balaban J connectivity index is 0.00000289. The summed E-state index contributed by atoms with van der Waals surface area (Å²) in [6, 6.07) is 0.0764. The van der Waals surface area contributed by atoms with Gasteiger partial charge in [-0.2, -0.15) is 0 Å². The second kappa shape index (κ2) is 9.13. The summed E-state index contributed by atoms with van der Waals surface area (Å²) in [5.74, 6) is -0.226. The Labute approximate surface area is 114 Å². The van der Waals surface area contributed by atoms with Crippen molar-refractivity contribution in [2.45, 2.75) is 25.3 Å². The monoisotopic (exact) mass is 278 g/mol. The van der Waals surface area contributed by atoms with Crippen LogP contribution in [-0.4, -0.2) is 56.6 Å². The minimum atomic E-state index is -0.443. The number of hydrogen-bond donors (Lipinski definition) is 3. The molecule has 1 fully saturated rings. The van der Waals surface area contributed by atoms with Gasteiger partial charge in [0.15, 0.2) is 0 Å². The van der Waals surface area contributed by atoms with E-state index in [4.69, 9.17) is 0 Å². The standard InChI is InChI=1S/C11H22N4O2.ClH/c1-12-9-4-3-6-15(8-9)7-5-10(16)14-11(17)13-2;/h9,12H,3-8H2,1-2H3,(H2,13,14,16,17);1H. The molecule has 1 saturated heterocycles. The molecule has 0 saturated carbocycles. The van der Waals surface area contributed by atoms with Crippen molar-refractivity contribution >= 4 is 24.3 Å². The van der Waals surface area contributed by atoms with Crippen molar-refractivity contribution in [2.24, 2.45) is 0 Å². The van der Waals surface area contributed by atoms with E-state index in [2.05, 4.69) is 20.9 Å². The maximum absolute atomic E-state index is 11.4. The molecule has 0 aromatic heterocycles. The average molecular weight is 279 g/mol. The van der Waals surface area contributed by atoms with E-state index in [1.54, 1.807) is 0 Å². The summed E-state index contributed by atoms with van der Waals surface area (Å²) in [6.07, 6.45) is 2.71. The van der Waals surface area contributed by atoms with Gasteiger partial charge in [0.1, 0.15) is 0 Å². The van der Waals surface area contributed by atoms with Crippen molar-refractivity contribution in [1.82, 2.24) is 20.9 Å². The zero-order valence-corrected chi connectivity index (χ0v) is 11.8. The first-order chi connectivity index (χ1) is 8.15. The molecule has 1 aliphatic heterocycles. The molecule has 3 amide bonds. The van der Waals surface area contributed by atoms with Gasteiger partial charge in [0.25, 0.3) is 0 Å². The van der Waals surface area contributed by atoms with Crippen molar-refractivity contribution in [2.75, 3.05) is 33.7 Å². The molecular formula is C11H23ClN4O2. The number of hydrogen-bond acceptors (Lipinski definition) is 4. The highest BCUT2D eigenvalue weighted by Gasteiger charge is 2.18. The van der Waals surface area contributed by atoms with E-state index in [-0.39, 0.29) is 18.3 Å². The molecule has 1 heterocycles. The Morgan fingerprint density at radius 3 is 2.67 bits per heavy atom. The maximum atomic E-state index is 11.4. The third kappa shape index (κ3) is 6.18. The van der Waals surface area contributed by atoms with Gasteiger partial charge in [-0.1, -0.05) is 0 Å². The molecule has 18 heavy (non-hydrogen) atoms. The van der Waals surface area contributed by atoms with Crippen molar-refractivity contribution < 1.29 is 9.59 Å². The number of piperidine rings is 1. The number of likely N-dealkylation sites (tertiary alicyclic amines) is 1. The van der Waals surface area contributed by atoms with Crippen molar-refractivity contribution in [3.8, 4) is 0 Å². The van der Waals surface area contributed by atoms with E-state index in [0.29, 0.717) is 19.0 Å². The molecule has 7 heteroatoms. The van der Waals surface area contributed by atoms with Gasteiger partial charge in [-0.15, -0.1) is 12.4 Å². The summed E-state index contributed by atoms with van der Waals surface area (Å²) in [7, 11) is 3.46. The second-order valence-corrected chi connectivity index (χ2v) is 4.31. The summed E-state index contributed by atoms with van der Waals surface area (Å²) in [5.41, 5.74) is 0. The Morgan fingerprint density at radius 2 is 2.06 bits per heavy atom. The number of rotatable bonds is 4. The van der Waals surface area contributed by atoms with Crippen molar-refractivity contribution in [3.63, 3.8) is 0 Å². The second-order valence-electron chi connectivity index (χ2n) is 4.31. The highest BCUT2D eigenvalue weighted by molar-refractivity contribution is 5.94. The fraction of sp³-hybridized carbons (Fsp3) is 0.818. The number of carbonyl (C=O) groups is 2. The molecule has 0 bridgehead atoms. The van der Waals surface area contributed by atoms with Gasteiger partial charge < -0.3 is 15.5 Å². The van der Waals surface area contributed by atoms with Crippen LogP contribution < -0.4 is 16.0 Å². The van der Waals surface area contributed by atoms with Gasteiger partial charge in [-0.05, 0) is 26.4 Å². The lowest BCUT2D eigenvalue weighted by Gasteiger charge is -2.32.